The summed E-state index contributed by atoms with van der Waals surface area (Å²) >= 11 is 0. The summed E-state index contributed by atoms with van der Waals surface area (Å²) in [7, 11) is -0.219. The maximum atomic E-state index is 14.6. The third-order valence-corrected chi connectivity index (χ3v) is 15.4. The number of fused-ring (bicyclic) bond motifs is 7. The van der Waals surface area contributed by atoms with E-state index in [9.17, 15) is 9.90 Å². The average molecular weight is 553 g/mol. The number of hydrogen-bond donors (Lipinski definition) is 1. The average Bonchev–Trinajstić information content (AvgIpc) is 3.06. The van der Waals surface area contributed by atoms with Gasteiger partial charge in [-0.05, 0) is 130 Å². The number of carbonyl (C=O) groups excluding carboxylic acids is 1. The Morgan fingerprint density at radius 3 is 2.02 bits per heavy atom. The molecule has 5 fully saturated rings. The minimum Gasteiger partial charge on any atom is -0.403 e. The Hall–Kier alpha value is -0.645. The normalized spacial score (nSPS) is 52.6. The molecule has 5 aliphatic carbocycles. The number of aliphatic hydroxyl groups is 1. The first-order chi connectivity index (χ1) is 18.2. The maximum Gasteiger partial charge on any atom is 0.464 e. The second kappa shape index (κ2) is 8.29. The van der Waals surface area contributed by atoms with Gasteiger partial charge < -0.3 is 14.4 Å². The van der Waals surface area contributed by atoms with Crippen molar-refractivity contribution in [1.29, 1.82) is 0 Å². The van der Waals surface area contributed by atoms with Gasteiger partial charge in [-0.2, -0.15) is 0 Å². The van der Waals surface area contributed by atoms with Crippen LogP contribution in [0.5, 0.6) is 0 Å². The molecule has 0 aromatic rings. The Kier molecular flexibility index (Phi) is 6.10. The molecule has 1 heterocycles. The van der Waals surface area contributed by atoms with Crippen LogP contribution in [0.25, 0.3) is 0 Å². The lowest BCUT2D eigenvalue weighted by Crippen LogP contribution is -2.66. The second-order valence-electron chi connectivity index (χ2n) is 18.3. The molecule has 0 amide bonds. The maximum absolute atomic E-state index is 14.6. The van der Waals surface area contributed by atoms with Gasteiger partial charge in [0.05, 0.1) is 17.3 Å². The fraction of sp³-hybridized carbons (Fsp3) is 0.914. The van der Waals surface area contributed by atoms with E-state index in [-0.39, 0.29) is 62.7 Å². The van der Waals surface area contributed by atoms with E-state index in [0.717, 1.165) is 44.9 Å². The van der Waals surface area contributed by atoms with Gasteiger partial charge in [-0.15, -0.1) is 0 Å². The predicted octanol–water partition coefficient (Wildman–Crippen LogP) is 8.17. The van der Waals surface area contributed by atoms with Crippen molar-refractivity contribution in [1.82, 2.24) is 0 Å². The van der Waals surface area contributed by atoms with Gasteiger partial charge in [0.2, 0.25) is 0 Å². The van der Waals surface area contributed by atoms with Crippen LogP contribution in [0.2, 0.25) is 5.31 Å². The molecule has 4 saturated carbocycles. The van der Waals surface area contributed by atoms with Crippen molar-refractivity contribution >= 4 is 12.9 Å². The molecule has 0 radical (unpaired) electrons. The van der Waals surface area contributed by atoms with E-state index < -0.39 is 0 Å². The van der Waals surface area contributed by atoms with Crippen molar-refractivity contribution in [2.75, 3.05) is 0 Å². The fourth-order valence-corrected chi connectivity index (χ4v) is 11.5. The van der Waals surface area contributed by atoms with Crippen molar-refractivity contribution in [3.8, 4) is 0 Å². The first-order valence-electron chi connectivity index (χ1n) is 16.5. The standard InChI is InChI=1S/C35H57BO4/c1-28(2)25-12-15-35(11)27(33(25,9)14-13-26(28)38)24(37)20-22-23-21-32(8,36-39-29(3,4)30(5,6)40-36)18-16-31(23,7)17-19-34(22,35)10/h20,23,25-27,38H,12-19,21H2,1-11H3/t23?,25-,26?,27+,31?,32+,33?,34+,35?/m0/s1. The molecule has 5 unspecified atom stereocenters. The Balaban J connectivity index is 1.40. The topological polar surface area (TPSA) is 55.8 Å². The van der Waals surface area contributed by atoms with E-state index in [1.54, 1.807) is 0 Å². The molecule has 1 saturated heterocycles. The lowest BCUT2D eigenvalue weighted by molar-refractivity contribution is -0.201. The molecular weight excluding hydrogens is 495 g/mol. The van der Waals surface area contributed by atoms with Crippen molar-refractivity contribution in [2.45, 2.75) is 157 Å². The molecule has 40 heavy (non-hydrogen) atoms. The Morgan fingerprint density at radius 1 is 0.800 bits per heavy atom. The molecule has 0 bridgehead atoms. The number of hydrogen-bond acceptors (Lipinski definition) is 4. The third-order valence-electron chi connectivity index (χ3n) is 15.4. The highest BCUT2D eigenvalue weighted by atomic mass is 16.7. The van der Waals surface area contributed by atoms with Gasteiger partial charge in [-0.25, -0.2) is 0 Å². The molecule has 0 aromatic heterocycles. The van der Waals surface area contributed by atoms with Gasteiger partial charge in [-0.1, -0.05) is 54.0 Å². The van der Waals surface area contributed by atoms with Gasteiger partial charge in [-0.3, -0.25) is 4.79 Å². The van der Waals surface area contributed by atoms with Crippen LogP contribution in [-0.2, 0) is 14.1 Å². The summed E-state index contributed by atoms with van der Waals surface area (Å²) in [6, 6.07) is 0. The van der Waals surface area contributed by atoms with E-state index in [1.807, 2.05) is 0 Å². The lowest BCUT2D eigenvalue weighted by atomic mass is 9.32. The van der Waals surface area contributed by atoms with Crippen LogP contribution in [0.3, 0.4) is 0 Å². The number of aliphatic hydroxyl groups excluding tert-OH is 1. The molecule has 9 atom stereocenters. The number of allylic oxidation sites excluding steroid dienone is 2. The molecule has 6 rings (SSSR count). The van der Waals surface area contributed by atoms with E-state index >= 15 is 0 Å². The van der Waals surface area contributed by atoms with E-state index in [1.165, 1.54) is 18.4 Å². The highest BCUT2D eigenvalue weighted by Crippen LogP contribution is 2.75. The zero-order chi connectivity index (χ0) is 29.5. The smallest absolute Gasteiger partial charge is 0.403 e. The number of rotatable bonds is 1. The number of carbonyl (C=O) groups is 1. The van der Waals surface area contributed by atoms with Gasteiger partial charge in [0.1, 0.15) is 0 Å². The lowest BCUT2D eigenvalue weighted by Gasteiger charge is -2.70. The molecule has 0 spiro atoms. The minimum atomic E-state index is -0.335. The van der Waals surface area contributed by atoms with Crippen LogP contribution < -0.4 is 0 Å². The Labute approximate surface area is 244 Å². The third kappa shape index (κ3) is 3.52. The van der Waals surface area contributed by atoms with Crippen LogP contribution >= 0.6 is 0 Å². The van der Waals surface area contributed by atoms with Crippen LogP contribution in [0.15, 0.2) is 11.6 Å². The Morgan fingerprint density at radius 2 is 1.40 bits per heavy atom. The molecule has 1 N–H and O–H groups in total. The monoisotopic (exact) mass is 552 g/mol. The molecular formula is C35H57BO4. The van der Waals surface area contributed by atoms with Gasteiger partial charge in [0.15, 0.2) is 5.78 Å². The summed E-state index contributed by atoms with van der Waals surface area (Å²) in [6.07, 6.45) is 11.5. The molecule has 0 aromatic carbocycles. The number of ketones is 1. The first-order valence-corrected chi connectivity index (χ1v) is 16.5. The summed E-state index contributed by atoms with van der Waals surface area (Å²) < 4.78 is 13.4. The fourth-order valence-electron chi connectivity index (χ4n) is 11.5. The minimum absolute atomic E-state index is 0.0120. The van der Waals surface area contributed by atoms with Crippen molar-refractivity contribution in [2.24, 2.45) is 44.8 Å². The highest BCUT2D eigenvalue weighted by molar-refractivity contribution is 6.49. The van der Waals surface area contributed by atoms with E-state index in [0.29, 0.717) is 17.6 Å². The van der Waals surface area contributed by atoms with Crippen LogP contribution in [0.1, 0.15) is 134 Å². The largest absolute Gasteiger partial charge is 0.464 e. The summed E-state index contributed by atoms with van der Waals surface area (Å²) in [4.78, 5) is 14.6. The first kappa shape index (κ1) is 29.4. The summed E-state index contributed by atoms with van der Waals surface area (Å²) in [5.41, 5.74) is 0.730. The van der Waals surface area contributed by atoms with E-state index in [2.05, 4.69) is 82.2 Å². The van der Waals surface area contributed by atoms with Gasteiger partial charge in [0, 0.05) is 11.2 Å². The molecule has 224 valence electrons. The zero-order valence-corrected chi connectivity index (χ0v) is 27.5. The van der Waals surface area contributed by atoms with Crippen LogP contribution in [0, 0.1) is 44.8 Å². The molecule has 5 heteroatoms. The van der Waals surface area contributed by atoms with Crippen molar-refractivity contribution in [3.63, 3.8) is 0 Å². The van der Waals surface area contributed by atoms with E-state index in [4.69, 9.17) is 9.31 Å². The van der Waals surface area contributed by atoms with Gasteiger partial charge in [0.25, 0.3) is 0 Å². The summed E-state index contributed by atoms with van der Waals surface area (Å²) in [5.74, 6) is 1.16. The molecule has 1 aliphatic heterocycles. The van der Waals surface area contributed by atoms with Crippen molar-refractivity contribution in [3.05, 3.63) is 11.6 Å². The molecule has 6 aliphatic rings. The SMILES string of the molecule is CC12CC[C@@](C)(B3OC(C)(C)C(C)(C)O3)CC1C1=CC(=O)[C@@H]3C4(C)CCC(O)C(C)(C)[C@@H]4CCC3(C)[C@]1(C)CC2. The van der Waals surface area contributed by atoms with Crippen LogP contribution in [0.4, 0.5) is 0 Å². The Bertz CT molecular complexity index is 1120. The van der Waals surface area contributed by atoms with Gasteiger partial charge >= 0.3 is 7.12 Å². The summed E-state index contributed by atoms with van der Waals surface area (Å²) in [6.45, 7) is 25.5. The quantitative estimate of drug-likeness (QED) is 0.333. The highest BCUT2D eigenvalue weighted by Gasteiger charge is 2.71. The van der Waals surface area contributed by atoms with Crippen LogP contribution in [-0.4, -0.2) is 35.3 Å². The molecule has 4 nitrogen and oxygen atoms in total. The van der Waals surface area contributed by atoms with Crippen molar-refractivity contribution < 1.29 is 19.2 Å². The predicted molar refractivity (Wildman–Crippen MR) is 162 cm³/mol. The zero-order valence-electron chi connectivity index (χ0n) is 27.5. The second-order valence-corrected chi connectivity index (χ2v) is 18.3. The summed E-state index contributed by atoms with van der Waals surface area (Å²) in [5, 5.41) is 10.9.